The zero-order chi connectivity index (χ0) is 14.7. The van der Waals surface area contributed by atoms with Crippen LogP contribution in [0, 0.1) is 6.92 Å². The minimum absolute atomic E-state index is 0. The van der Waals surface area contributed by atoms with Crippen molar-refractivity contribution in [2.75, 3.05) is 13.1 Å². The van der Waals surface area contributed by atoms with Gasteiger partial charge in [0.05, 0.1) is 5.56 Å². The predicted molar refractivity (Wildman–Crippen MR) is 96.7 cm³/mol. The first-order chi connectivity index (χ1) is 10.2. The number of carbonyl (C=O) groups excluding carboxylic acids is 1. The molecule has 1 atom stereocenters. The van der Waals surface area contributed by atoms with Gasteiger partial charge in [0.2, 0.25) is 0 Å². The molecule has 0 saturated heterocycles. The number of nitrogens with zero attached hydrogens (tertiary/aromatic N) is 1. The van der Waals surface area contributed by atoms with Gasteiger partial charge >= 0.3 is 0 Å². The summed E-state index contributed by atoms with van der Waals surface area (Å²) in [7, 11) is 0. The number of hydrogen-bond donors (Lipinski definition) is 2. The molecule has 1 unspecified atom stereocenters. The summed E-state index contributed by atoms with van der Waals surface area (Å²) < 4.78 is 0. The van der Waals surface area contributed by atoms with Crippen molar-refractivity contribution < 1.29 is 4.79 Å². The Balaban J connectivity index is 0.00000132. The van der Waals surface area contributed by atoms with Crippen molar-refractivity contribution in [3.05, 3.63) is 65.0 Å². The quantitative estimate of drug-likeness (QED) is 0.891. The van der Waals surface area contributed by atoms with Gasteiger partial charge in [-0.1, -0.05) is 24.3 Å². The lowest BCUT2D eigenvalue weighted by Gasteiger charge is -2.27. The molecule has 1 aliphatic heterocycles. The molecule has 4 nitrogen and oxygen atoms in total. The van der Waals surface area contributed by atoms with Gasteiger partial charge < -0.3 is 10.6 Å². The first-order valence-electron chi connectivity index (χ1n) is 7.26. The van der Waals surface area contributed by atoms with E-state index in [4.69, 9.17) is 0 Å². The van der Waals surface area contributed by atoms with Crippen LogP contribution in [0.3, 0.4) is 0 Å². The minimum Gasteiger partial charge on any atom is -0.350 e. The fourth-order valence-corrected chi connectivity index (χ4v) is 2.67. The lowest BCUT2D eigenvalue weighted by molar-refractivity contribution is 0.0948. The van der Waals surface area contributed by atoms with Crippen LogP contribution < -0.4 is 10.6 Å². The average molecular weight is 354 g/mol. The summed E-state index contributed by atoms with van der Waals surface area (Å²) in [6, 6.07) is 12.2. The van der Waals surface area contributed by atoms with E-state index in [1.807, 2.05) is 19.1 Å². The number of amides is 1. The van der Waals surface area contributed by atoms with Gasteiger partial charge in [-0.25, -0.2) is 0 Å². The Morgan fingerprint density at radius 2 is 2.04 bits per heavy atom. The molecular weight excluding hydrogens is 333 g/mol. The Morgan fingerprint density at radius 1 is 1.26 bits per heavy atom. The number of benzene rings is 1. The summed E-state index contributed by atoms with van der Waals surface area (Å²) >= 11 is 0. The van der Waals surface area contributed by atoms with Crippen LogP contribution >= 0.6 is 24.8 Å². The molecule has 2 N–H and O–H groups in total. The number of nitrogens with one attached hydrogen (secondary N) is 2. The van der Waals surface area contributed by atoms with Gasteiger partial charge in [-0.05, 0) is 43.1 Å². The fraction of sp³-hybridized carbons (Fsp3) is 0.294. The van der Waals surface area contributed by atoms with Gasteiger partial charge in [0.15, 0.2) is 0 Å². The SMILES string of the molecule is Cc1ccc(C(=O)NCC2NCCc3ccccc32)cn1.Cl.Cl. The predicted octanol–water partition coefficient (Wildman–Crippen LogP) is 2.85. The van der Waals surface area contributed by atoms with Crippen LogP contribution in [0.5, 0.6) is 0 Å². The number of aryl methyl sites for hydroxylation is 1. The fourth-order valence-electron chi connectivity index (χ4n) is 2.67. The smallest absolute Gasteiger partial charge is 0.252 e. The molecule has 2 aromatic rings. The van der Waals surface area contributed by atoms with Gasteiger partial charge in [0, 0.05) is 24.5 Å². The number of fused-ring (bicyclic) bond motifs is 1. The van der Waals surface area contributed by atoms with Crippen molar-refractivity contribution in [3.8, 4) is 0 Å². The number of aromatic nitrogens is 1. The van der Waals surface area contributed by atoms with Crippen molar-refractivity contribution in [2.24, 2.45) is 0 Å². The van der Waals surface area contributed by atoms with E-state index in [1.54, 1.807) is 12.3 Å². The zero-order valence-electron chi connectivity index (χ0n) is 12.9. The Morgan fingerprint density at radius 3 is 2.78 bits per heavy atom. The molecule has 3 rings (SSSR count). The second-order valence-electron chi connectivity index (χ2n) is 5.35. The van der Waals surface area contributed by atoms with Crippen molar-refractivity contribution in [1.82, 2.24) is 15.6 Å². The van der Waals surface area contributed by atoms with E-state index < -0.39 is 0 Å². The summed E-state index contributed by atoms with van der Waals surface area (Å²) in [6.45, 7) is 3.44. The van der Waals surface area contributed by atoms with E-state index in [2.05, 4.69) is 33.8 Å². The van der Waals surface area contributed by atoms with E-state index >= 15 is 0 Å². The summed E-state index contributed by atoms with van der Waals surface area (Å²) in [4.78, 5) is 16.3. The highest BCUT2D eigenvalue weighted by molar-refractivity contribution is 5.93. The lowest BCUT2D eigenvalue weighted by atomic mass is 9.94. The monoisotopic (exact) mass is 353 g/mol. The molecule has 1 amide bonds. The van der Waals surface area contributed by atoms with E-state index in [9.17, 15) is 4.79 Å². The third-order valence-electron chi connectivity index (χ3n) is 3.86. The van der Waals surface area contributed by atoms with Crippen LogP contribution in [0.25, 0.3) is 0 Å². The van der Waals surface area contributed by atoms with E-state index in [0.717, 1.165) is 18.7 Å². The summed E-state index contributed by atoms with van der Waals surface area (Å²) in [5.74, 6) is -0.0765. The van der Waals surface area contributed by atoms with Crippen LogP contribution in [-0.2, 0) is 6.42 Å². The number of carbonyl (C=O) groups is 1. The molecule has 0 bridgehead atoms. The molecule has 1 aromatic carbocycles. The number of rotatable bonds is 3. The summed E-state index contributed by atoms with van der Waals surface area (Å²) in [5.41, 5.74) is 4.16. The molecule has 124 valence electrons. The zero-order valence-corrected chi connectivity index (χ0v) is 14.5. The maximum absolute atomic E-state index is 12.1. The Hall–Kier alpha value is -1.62. The van der Waals surface area contributed by atoms with Crippen molar-refractivity contribution in [1.29, 1.82) is 0 Å². The molecule has 0 aliphatic carbocycles. The lowest BCUT2D eigenvalue weighted by Crippen LogP contribution is -2.38. The number of pyridine rings is 1. The van der Waals surface area contributed by atoms with Crippen LogP contribution in [0.4, 0.5) is 0 Å². The average Bonchev–Trinajstić information content (AvgIpc) is 2.53. The molecule has 2 heterocycles. The minimum atomic E-state index is -0.0765. The topological polar surface area (TPSA) is 54.0 Å². The standard InChI is InChI=1S/C17H19N3O.2ClH/c1-12-6-7-14(10-19-12)17(21)20-11-16-15-5-3-2-4-13(15)8-9-18-16;;/h2-7,10,16,18H,8-9,11H2,1H3,(H,20,21);2*1H. The van der Waals surface area contributed by atoms with Gasteiger partial charge in [-0.3, -0.25) is 9.78 Å². The van der Waals surface area contributed by atoms with E-state index in [0.29, 0.717) is 12.1 Å². The molecule has 0 fully saturated rings. The van der Waals surface area contributed by atoms with Gasteiger partial charge in [0.1, 0.15) is 0 Å². The molecule has 1 aliphatic rings. The Kier molecular flexibility index (Phi) is 7.49. The van der Waals surface area contributed by atoms with Crippen LogP contribution in [0.2, 0.25) is 0 Å². The highest BCUT2D eigenvalue weighted by Crippen LogP contribution is 2.21. The second-order valence-corrected chi connectivity index (χ2v) is 5.35. The number of halogens is 2. The van der Waals surface area contributed by atoms with Crippen LogP contribution in [0.1, 0.15) is 33.2 Å². The normalized spacial score (nSPS) is 15.6. The maximum Gasteiger partial charge on any atom is 0.252 e. The number of hydrogen-bond acceptors (Lipinski definition) is 3. The van der Waals surface area contributed by atoms with Crippen molar-refractivity contribution in [2.45, 2.75) is 19.4 Å². The van der Waals surface area contributed by atoms with Crippen LogP contribution in [0.15, 0.2) is 42.6 Å². The highest BCUT2D eigenvalue weighted by Gasteiger charge is 2.19. The second kappa shape index (κ2) is 8.87. The van der Waals surface area contributed by atoms with E-state index in [-0.39, 0.29) is 36.8 Å². The van der Waals surface area contributed by atoms with Crippen LogP contribution in [-0.4, -0.2) is 24.0 Å². The van der Waals surface area contributed by atoms with Gasteiger partial charge in [0.25, 0.3) is 5.91 Å². The van der Waals surface area contributed by atoms with Gasteiger partial charge in [-0.15, -0.1) is 24.8 Å². The van der Waals surface area contributed by atoms with Crippen molar-refractivity contribution in [3.63, 3.8) is 0 Å². The molecular formula is C17H21Cl2N3O. The Bertz CT molecular complexity index is 647. The van der Waals surface area contributed by atoms with Gasteiger partial charge in [-0.2, -0.15) is 0 Å². The molecule has 1 aromatic heterocycles. The molecule has 0 radical (unpaired) electrons. The first kappa shape index (κ1) is 19.4. The summed E-state index contributed by atoms with van der Waals surface area (Å²) in [5, 5.41) is 6.45. The van der Waals surface area contributed by atoms with E-state index in [1.165, 1.54) is 11.1 Å². The highest BCUT2D eigenvalue weighted by atomic mass is 35.5. The largest absolute Gasteiger partial charge is 0.350 e. The Labute approximate surface area is 148 Å². The third kappa shape index (κ3) is 4.67. The summed E-state index contributed by atoms with van der Waals surface area (Å²) in [6.07, 6.45) is 2.66. The molecule has 0 saturated carbocycles. The first-order valence-corrected chi connectivity index (χ1v) is 7.26. The molecule has 6 heteroatoms. The van der Waals surface area contributed by atoms with Crippen molar-refractivity contribution >= 4 is 30.7 Å². The molecule has 23 heavy (non-hydrogen) atoms. The molecule has 0 spiro atoms. The maximum atomic E-state index is 12.1. The third-order valence-corrected chi connectivity index (χ3v) is 3.86.